The van der Waals surface area contributed by atoms with Crippen LogP contribution < -0.4 is 5.32 Å². The van der Waals surface area contributed by atoms with Gasteiger partial charge in [-0.05, 0) is 38.1 Å². The molecule has 0 spiro atoms. The van der Waals surface area contributed by atoms with Crippen LogP contribution in [0.4, 0.5) is 5.69 Å². The van der Waals surface area contributed by atoms with Crippen LogP contribution in [0, 0.1) is 11.3 Å². The molecular weight excluding hydrogens is 188 g/mol. The number of methoxy groups -OCH3 is 1. The molecule has 0 saturated carbocycles. The zero-order chi connectivity index (χ0) is 11.3. The summed E-state index contributed by atoms with van der Waals surface area (Å²) in [7, 11) is 1.69. The number of ether oxygens (including phenoxy) is 1. The summed E-state index contributed by atoms with van der Waals surface area (Å²) in [6.45, 7) is 4.77. The van der Waals surface area contributed by atoms with Crippen LogP contribution >= 0.6 is 0 Å². The zero-order valence-electron chi connectivity index (χ0n) is 9.37. The molecule has 0 amide bonds. The lowest BCUT2D eigenvalue weighted by atomic mass is 10.1. The quantitative estimate of drug-likeness (QED) is 0.819. The number of anilines is 1. The van der Waals surface area contributed by atoms with Gasteiger partial charge in [0.2, 0.25) is 0 Å². The Kier molecular flexibility index (Phi) is 3.70. The van der Waals surface area contributed by atoms with Gasteiger partial charge in [-0.3, -0.25) is 0 Å². The van der Waals surface area contributed by atoms with E-state index in [1.54, 1.807) is 19.2 Å². The first-order valence-electron chi connectivity index (χ1n) is 4.86. The second-order valence-corrected chi connectivity index (χ2v) is 4.01. The van der Waals surface area contributed by atoms with Crippen molar-refractivity contribution >= 4 is 5.69 Å². The molecule has 0 radical (unpaired) electrons. The molecule has 0 aromatic heterocycles. The normalized spacial score (nSPS) is 10.8. The van der Waals surface area contributed by atoms with Gasteiger partial charge >= 0.3 is 0 Å². The van der Waals surface area contributed by atoms with Crippen LogP contribution in [0.1, 0.15) is 19.4 Å². The summed E-state index contributed by atoms with van der Waals surface area (Å²) < 4.78 is 5.29. The number of hydrogen-bond acceptors (Lipinski definition) is 3. The van der Waals surface area contributed by atoms with E-state index < -0.39 is 0 Å². The smallest absolute Gasteiger partial charge is 0.0991 e. The van der Waals surface area contributed by atoms with Crippen molar-refractivity contribution < 1.29 is 4.74 Å². The maximum absolute atomic E-state index is 8.64. The second kappa shape index (κ2) is 4.81. The summed E-state index contributed by atoms with van der Waals surface area (Å²) in [5, 5.41) is 11.9. The average Bonchev–Trinajstić information content (AvgIpc) is 2.27. The molecule has 0 aliphatic heterocycles. The fourth-order valence-electron chi connectivity index (χ4n) is 1.05. The van der Waals surface area contributed by atoms with E-state index in [9.17, 15) is 0 Å². The largest absolute Gasteiger partial charge is 0.382 e. The second-order valence-electron chi connectivity index (χ2n) is 4.01. The minimum absolute atomic E-state index is 0.187. The Bertz CT molecular complexity index is 349. The van der Waals surface area contributed by atoms with Gasteiger partial charge in [0.15, 0.2) is 0 Å². The highest BCUT2D eigenvalue weighted by atomic mass is 16.5. The van der Waals surface area contributed by atoms with Crippen molar-refractivity contribution in [3.63, 3.8) is 0 Å². The van der Waals surface area contributed by atoms with Crippen molar-refractivity contribution in [2.75, 3.05) is 19.0 Å². The minimum atomic E-state index is -0.187. The molecule has 1 rings (SSSR count). The number of benzene rings is 1. The van der Waals surface area contributed by atoms with Gasteiger partial charge < -0.3 is 10.1 Å². The molecule has 0 bridgehead atoms. The van der Waals surface area contributed by atoms with Gasteiger partial charge in [-0.1, -0.05) is 0 Å². The lowest BCUT2D eigenvalue weighted by Crippen LogP contribution is -2.31. The van der Waals surface area contributed by atoms with Crippen molar-refractivity contribution in [3.8, 4) is 6.07 Å². The van der Waals surface area contributed by atoms with Gasteiger partial charge in [-0.25, -0.2) is 0 Å². The van der Waals surface area contributed by atoms with Gasteiger partial charge in [-0.2, -0.15) is 5.26 Å². The van der Waals surface area contributed by atoms with E-state index in [0.29, 0.717) is 5.56 Å². The topological polar surface area (TPSA) is 45.0 Å². The Hall–Kier alpha value is -1.53. The van der Waals surface area contributed by atoms with E-state index in [1.165, 1.54) is 0 Å². The monoisotopic (exact) mass is 204 g/mol. The lowest BCUT2D eigenvalue weighted by molar-refractivity contribution is 0.0344. The van der Waals surface area contributed by atoms with Gasteiger partial charge in [0.25, 0.3) is 0 Å². The van der Waals surface area contributed by atoms with Crippen molar-refractivity contribution in [2.24, 2.45) is 0 Å². The molecule has 0 aliphatic rings. The van der Waals surface area contributed by atoms with Crippen LogP contribution in [0.3, 0.4) is 0 Å². The first kappa shape index (κ1) is 11.5. The fraction of sp³-hybridized carbons (Fsp3) is 0.417. The zero-order valence-corrected chi connectivity index (χ0v) is 9.37. The molecule has 0 aliphatic carbocycles. The Morgan fingerprint density at radius 2 is 1.93 bits per heavy atom. The molecular formula is C12H16N2O. The van der Waals surface area contributed by atoms with Gasteiger partial charge in [-0.15, -0.1) is 0 Å². The molecule has 0 fully saturated rings. The van der Waals surface area contributed by atoms with Crippen molar-refractivity contribution in [1.29, 1.82) is 5.26 Å². The first-order valence-corrected chi connectivity index (χ1v) is 4.86. The predicted molar refractivity (Wildman–Crippen MR) is 60.7 cm³/mol. The lowest BCUT2D eigenvalue weighted by Gasteiger charge is -2.23. The molecule has 3 nitrogen and oxygen atoms in total. The van der Waals surface area contributed by atoms with Crippen LogP contribution in [0.5, 0.6) is 0 Å². The van der Waals surface area contributed by atoms with Gasteiger partial charge in [0.05, 0.1) is 17.2 Å². The third-order valence-electron chi connectivity index (χ3n) is 2.28. The molecule has 1 N–H and O–H groups in total. The van der Waals surface area contributed by atoms with Crippen LogP contribution in [0.25, 0.3) is 0 Å². The number of rotatable bonds is 4. The SMILES string of the molecule is COC(C)(C)CNc1ccc(C#N)cc1. The third-order valence-corrected chi connectivity index (χ3v) is 2.28. The van der Waals surface area contributed by atoms with E-state index in [1.807, 2.05) is 26.0 Å². The predicted octanol–water partition coefficient (Wildman–Crippen LogP) is 2.40. The highest BCUT2D eigenvalue weighted by molar-refractivity contribution is 5.47. The fourth-order valence-corrected chi connectivity index (χ4v) is 1.05. The van der Waals surface area contributed by atoms with E-state index >= 15 is 0 Å². The molecule has 0 heterocycles. The van der Waals surface area contributed by atoms with Crippen molar-refractivity contribution in [1.82, 2.24) is 0 Å². The van der Waals surface area contributed by atoms with E-state index in [-0.39, 0.29) is 5.60 Å². The minimum Gasteiger partial charge on any atom is -0.382 e. The average molecular weight is 204 g/mol. The van der Waals surface area contributed by atoms with Gasteiger partial charge in [0, 0.05) is 19.3 Å². The molecule has 0 unspecified atom stereocenters. The molecule has 80 valence electrons. The summed E-state index contributed by atoms with van der Waals surface area (Å²) in [6, 6.07) is 9.46. The summed E-state index contributed by atoms with van der Waals surface area (Å²) >= 11 is 0. The Balaban J connectivity index is 2.56. The Morgan fingerprint density at radius 3 is 2.40 bits per heavy atom. The highest BCUT2D eigenvalue weighted by Crippen LogP contribution is 2.12. The van der Waals surface area contributed by atoms with Crippen LogP contribution in [0.15, 0.2) is 24.3 Å². The van der Waals surface area contributed by atoms with Gasteiger partial charge in [0.1, 0.15) is 0 Å². The Morgan fingerprint density at radius 1 is 1.33 bits per heavy atom. The number of hydrogen-bond donors (Lipinski definition) is 1. The standard InChI is InChI=1S/C12H16N2O/c1-12(2,15-3)9-14-11-6-4-10(8-13)5-7-11/h4-7,14H,9H2,1-3H3. The highest BCUT2D eigenvalue weighted by Gasteiger charge is 2.15. The van der Waals surface area contributed by atoms with Crippen LogP contribution in [-0.2, 0) is 4.74 Å². The molecule has 1 aromatic carbocycles. The molecule has 0 saturated heterocycles. The van der Waals surface area contributed by atoms with Crippen LogP contribution in [-0.4, -0.2) is 19.3 Å². The van der Waals surface area contributed by atoms with E-state index in [0.717, 1.165) is 12.2 Å². The molecule has 0 atom stereocenters. The molecule has 3 heteroatoms. The number of nitriles is 1. The summed E-state index contributed by atoms with van der Waals surface area (Å²) in [5.74, 6) is 0. The third kappa shape index (κ3) is 3.61. The maximum atomic E-state index is 8.64. The molecule has 1 aromatic rings. The summed E-state index contributed by atoms with van der Waals surface area (Å²) in [4.78, 5) is 0. The number of nitrogens with zero attached hydrogens (tertiary/aromatic N) is 1. The summed E-state index contributed by atoms with van der Waals surface area (Å²) in [5.41, 5.74) is 1.49. The summed E-state index contributed by atoms with van der Waals surface area (Å²) in [6.07, 6.45) is 0. The first-order chi connectivity index (χ1) is 7.07. The van der Waals surface area contributed by atoms with Crippen molar-refractivity contribution in [3.05, 3.63) is 29.8 Å². The Labute approximate surface area is 90.7 Å². The van der Waals surface area contributed by atoms with E-state index in [2.05, 4.69) is 11.4 Å². The number of nitrogens with one attached hydrogen (secondary N) is 1. The maximum Gasteiger partial charge on any atom is 0.0991 e. The van der Waals surface area contributed by atoms with E-state index in [4.69, 9.17) is 10.00 Å². The van der Waals surface area contributed by atoms with Crippen LogP contribution in [0.2, 0.25) is 0 Å². The molecule has 15 heavy (non-hydrogen) atoms. The van der Waals surface area contributed by atoms with Crippen molar-refractivity contribution in [2.45, 2.75) is 19.4 Å².